The van der Waals surface area contributed by atoms with Gasteiger partial charge in [0.25, 0.3) is 5.56 Å². The molecule has 0 bridgehead atoms. The van der Waals surface area contributed by atoms with Gasteiger partial charge in [-0.3, -0.25) is 4.79 Å². The highest BCUT2D eigenvalue weighted by atomic mass is 35.5. The van der Waals surface area contributed by atoms with Gasteiger partial charge < -0.3 is 9.40 Å². The fourth-order valence-corrected chi connectivity index (χ4v) is 2.54. The molecule has 0 amide bonds. The number of nitrogens with zero attached hydrogens (tertiary/aromatic N) is 1. The Bertz CT molecular complexity index is 864. The minimum Gasteiger partial charge on any atom is -0.453 e. The maximum Gasteiger partial charge on any atom is 0.254 e. The molecule has 0 aliphatic rings. The maximum absolute atomic E-state index is 12.0. The molecule has 2 heterocycles. The van der Waals surface area contributed by atoms with E-state index in [1.165, 1.54) is 0 Å². The third kappa shape index (κ3) is 2.47. The summed E-state index contributed by atoms with van der Waals surface area (Å²) < 4.78 is 5.81. The van der Waals surface area contributed by atoms with Crippen LogP contribution < -0.4 is 5.56 Å². The number of aromatic nitrogens is 2. The predicted molar refractivity (Wildman–Crippen MR) is 83.8 cm³/mol. The second kappa shape index (κ2) is 5.37. The average Bonchev–Trinajstić information content (AvgIpc) is 2.88. The van der Waals surface area contributed by atoms with Crippen LogP contribution in [-0.4, -0.2) is 9.97 Å². The summed E-state index contributed by atoms with van der Waals surface area (Å²) in [6, 6.07) is 7.43. The van der Waals surface area contributed by atoms with Crippen LogP contribution in [0, 0.1) is 6.92 Å². The van der Waals surface area contributed by atoms with Gasteiger partial charge in [-0.15, -0.1) is 0 Å². The molecule has 0 saturated carbocycles. The van der Waals surface area contributed by atoms with Crippen molar-refractivity contribution in [3.63, 3.8) is 0 Å². The van der Waals surface area contributed by atoms with Gasteiger partial charge in [0, 0.05) is 17.4 Å². The number of para-hydroxylation sites is 1. The third-order valence-corrected chi connectivity index (χ3v) is 3.71. The lowest BCUT2D eigenvalue weighted by Crippen LogP contribution is -2.15. The van der Waals surface area contributed by atoms with Gasteiger partial charge in [-0.2, -0.15) is 0 Å². The first kappa shape index (κ1) is 13.9. The molecule has 108 valence electrons. The summed E-state index contributed by atoms with van der Waals surface area (Å²) in [4.78, 5) is 19.4. The largest absolute Gasteiger partial charge is 0.453 e. The first-order chi connectivity index (χ1) is 10.1. The molecule has 2 aromatic heterocycles. The normalized spacial score (nSPS) is 11.2. The highest BCUT2D eigenvalue weighted by molar-refractivity contribution is 6.34. The molecule has 0 atom stereocenters. The SMILES string of the molecule is CCCc1nc(-c2cc3cccc(Cl)c3o2)c(C)c(=O)[nH]1. The molecular formula is C16H15ClN2O2. The van der Waals surface area contributed by atoms with Gasteiger partial charge in [-0.25, -0.2) is 4.98 Å². The van der Waals surface area contributed by atoms with Crippen LogP contribution in [0.15, 0.2) is 33.5 Å². The van der Waals surface area contributed by atoms with Gasteiger partial charge in [0.1, 0.15) is 11.5 Å². The molecule has 0 fully saturated rings. The highest BCUT2D eigenvalue weighted by Crippen LogP contribution is 2.31. The quantitative estimate of drug-likeness (QED) is 0.792. The number of aryl methyl sites for hydroxylation is 1. The zero-order chi connectivity index (χ0) is 15.0. The molecule has 1 N–H and O–H groups in total. The summed E-state index contributed by atoms with van der Waals surface area (Å²) in [5.74, 6) is 1.24. The van der Waals surface area contributed by atoms with E-state index < -0.39 is 0 Å². The first-order valence-corrected chi connectivity index (χ1v) is 7.26. The van der Waals surface area contributed by atoms with Crippen LogP contribution in [0.25, 0.3) is 22.4 Å². The van der Waals surface area contributed by atoms with Gasteiger partial charge in [-0.05, 0) is 25.5 Å². The van der Waals surface area contributed by atoms with E-state index in [0.29, 0.717) is 33.4 Å². The lowest BCUT2D eigenvalue weighted by atomic mass is 10.2. The Hall–Kier alpha value is -2.07. The van der Waals surface area contributed by atoms with Crippen molar-refractivity contribution in [1.29, 1.82) is 0 Å². The van der Waals surface area contributed by atoms with Crippen LogP contribution in [0.3, 0.4) is 0 Å². The summed E-state index contributed by atoms with van der Waals surface area (Å²) in [7, 11) is 0. The van der Waals surface area contributed by atoms with Crippen molar-refractivity contribution in [3.8, 4) is 11.5 Å². The van der Waals surface area contributed by atoms with E-state index in [9.17, 15) is 4.79 Å². The molecule has 0 spiro atoms. The van der Waals surface area contributed by atoms with Gasteiger partial charge in [0.05, 0.1) is 5.02 Å². The van der Waals surface area contributed by atoms with Gasteiger partial charge >= 0.3 is 0 Å². The average molecular weight is 303 g/mol. The number of aromatic amines is 1. The van der Waals surface area contributed by atoms with E-state index in [-0.39, 0.29) is 5.56 Å². The molecule has 5 heteroatoms. The summed E-state index contributed by atoms with van der Waals surface area (Å²) in [6.45, 7) is 3.78. The van der Waals surface area contributed by atoms with Crippen molar-refractivity contribution in [1.82, 2.24) is 9.97 Å². The Morgan fingerprint density at radius 3 is 2.90 bits per heavy atom. The lowest BCUT2D eigenvalue weighted by molar-refractivity contribution is 0.626. The van der Waals surface area contributed by atoms with Crippen LogP contribution in [0.4, 0.5) is 0 Å². The van der Waals surface area contributed by atoms with Crippen molar-refractivity contribution in [2.24, 2.45) is 0 Å². The molecule has 21 heavy (non-hydrogen) atoms. The topological polar surface area (TPSA) is 58.9 Å². The Morgan fingerprint density at radius 2 is 2.19 bits per heavy atom. The summed E-state index contributed by atoms with van der Waals surface area (Å²) >= 11 is 6.13. The third-order valence-electron chi connectivity index (χ3n) is 3.42. The van der Waals surface area contributed by atoms with Crippen LogP contribution in [0.5, 0.6) is 0 Å². The molecule has 3 rings (SSSR count). The highest BCUT2D eigenvalue weighted by Gasteiger charge is 2.15. The number of hydrogen-bond acceptors (Lipinski definition) is 3. The number of benzene rings is 1. The van der Waals surface area contributed by atoms with E-state index in [0.717, 1.165) is 18.2 Å². The van der Waals surface area contributed by atoms with Crippen molar-refractivity contribution in [3.05, 3.63) is 51.0 Å². The minimum atomic E-state index is -0.130. The number of halogens is 1. The van der Waals surface area contributed by atoms with E-state index in [2.05, 4.69) is 9.97 Å². The van der Waals surface area contributed by atoms with Gasteiger partial charge in [0.2, 0.25) is 0 Å². The molecule has 4 nitrogen and oxygen atoms in total. The predicted octanol–water partition coefficient (Wildman–Crippen LogP) is 4.10. The Labute approximate surface area is 126 Å². The number of furan rings is 1. The minimum absolute atomic E-state index is 0.130. The first-order valence-electron chi connectivity index (χ1n) is 6.88. The molecule has 0 aliphatic carbocycles. The maximum atomic E-state index is 12.0. The zero-order valence-electron chi connectivity index (χ0n) is 11.9. The van der Waals surface area contributed by atoms with E-state index in [1.807, 2.05) is 25.1 Å². The van der Waals surface area contributed by atoms with Gasteiger partial charge in [-0.1, -0.05) is 30.7 Å². The molecule has 0 unspecified atom stereocenters. The number of H-pyrrole nitrogens is 1. The van der Waals surface area contributed by atoms with Crippen molar-refractivity contribution in [2.45, 2.75) is 26.7 Å². The molecule has 1 aromatic carbocycles. The summed E-state index contributed by atoms with van der Waals surface area (Å²) in [6.07, 6.45) is 1.64. The standard InChI is InChI=1S/C16H15ClN2O2/c1-3-5-13-18-14(9(2)16(20)19-13)12-8-10-6-4-7-11(17)15(10)21-12/h4,6-8H,3,5H2,1-2H3,(H,18,19,20). The number of rotatable bonds is 3. The summed E-state index contributed by atoms with van der Waals surface area (Å²) in [5, 5.41) is 1.45. The Morgan fingerprint density at radius 1 is 1.38 bits per heavy atom. The monoisotopic (exact) mass is 302 g/mol. The number of hydrogen-bond donors (Lipinski definition) is 1. The van der Waals surface area contributed by atoms with Crippen molar-refractivity contribution in [2.75, 3.05) is 0 Å². The van der Waals surface area contributed by atoms with Crippen molar-refractivity contribution >= 4 is 22.6 Å². The van der Waals surface area contributed by atoms with Crippen LogP contribution in [-0.2, 0) is 6.42 Å². The lowest BCUT2D eigenvalue weighted by Gasteiger charge is -2.04. The van der Waals surface area contributed by atoms with Crippen molar-refractivity contribution < 1.29 is 4.42 Å². The van der Waals surface area contributed by atoms with E-state index >= 15 is 0 Å². The second-order valence-corrected chi connectivity index (χ2v) is 5.41. The summed E-state index contributed by atoms with van der Waals surface area (Å²) in [5.41, 5.74) is 1.61. The molecule has 3 aromatic rings. The van der Waals surface area contributed by atoms with Crippen LogP contribution in [0.2, 0.25) is 5.02 Å². The fraction of sp³-hybridized carbons (Fsp3) is 0.250. The Kier molecular flexibility index (Phi) is 3.55. The molecular weight excluding hydrogens is 288 g/mol. The smallest absolute Gasteiger partial charge is 0.254 e. The molecule has 0 radical (unpaired) electrons. The van der Waals surface area contributed by atoms with Crippen LogP contribution >= 0.6 is 11.6 Å². The van der Waals surface area contributed by atoms with E-state index in [1.54, 1.807) is 13.0 Å². The molecule has 0 saturated heterocycles. The zero-order valence-corrected chi connectivity index (χ0v) is 12.6. The van der Waals surface area contributed by atoms with Gasteiger partial charge in [0.15, 0.2) is 11.3 Å². The Balaban J connectivity index is 2.22. The fourth-order valence-electron chi connectivity index (χ4n) is 2.32. The van der Waals surface area contributed by atoms with Crippen LogP contribution in [0.1, 0.15) is 24.7 Å². The number of fused-ring (bicyclic) bond motifs is 1. The van der Waals surface area contributed by atoms with E-state index in [4.69, 9.17) is 16.0 Å². The molecule has 0 aliphatic heterocycles. The number of nitrogens with one attached hydrogen (secondary N) is 1. The second-order valence-electron chi connectivity index (χ2n) is 5.01.